The molecule has 1 aliphatic heterocycles. The van der Waals surface area contributed by atoms with Gasteiger partial charge in [0, 0.05) is 6.54 Å². The Bertz CT molecular complexity index is 852. The molecule has 0 spiro atoms. The second kappa shape index (κ2) is 7.23. The summed E-state index contributed by atoms with van der Waals surface area (Å²) in [5, 5.41) is 0.281. The molecule has 0 saturated carbocycles. The molecule has 1 saturated heterocycles. The number of benzene rings is 2. The van der Waals surface area contributed by atoms with E-state index in [0.29, 0.717) is 12.3 Å². The first-order valence-corrected chi connectivity index (χ1v) is 9.78. The molecule has 0 bridgehead atoms. The van der Waals surface area contributed by atoms with Gasteiger partial charge in [0.05, 0.1) is 30.2 Å². The predicted octanol–water partition coefficient (Wildman–Crippen LogP) is 3.88. The van der Waals surface area contributed by atoms with Crippen LogP contribution in [0.4, 0.5) is 0 Å². The summed E-state index contributed by atoms with van der Waals surface area (Å²) in [6.45, 7) is 0.489. The Balaban J connectivity index is 1.93. The molecule has 0 amide bonds. The van der Waals surface area contributed by atoms with E-state index in [1.54, 1.807) is 17.5 Å². The van der Waals surface area contributed by atoms with E-state index in [2.05, 4.69) is 0 Å². The molecule has 0 aromatic heterocycles. The van der Waals surface area contributed by atoms with Crippen LogP contribution in [0.3, 0.4) is 0 Å². The Morgan fingerprint density at radius 1 is 1.08 bits per heavy atom. The summed E-state index contributed by atoms with van der Waals surface area (Å²) in [4.78, 5) is 0.179. The van der Waals surface area contributed by atoms with Gasteiger partial charge in [-0.15, -0.1) is 0 Å². The fraction of sp³-hybridized carbons (Fsp3) is 0.333. The van der Waals surface area contributed by atoms with E-state index in [1.165, 1.54) is 19.2 Å². The summed E-state index contributed by atoms with van der Waals surface area (Å²) in [6, 6.07) is 11.9. The lowest BCUT2D eigenvalue weighted by Crippen LogP contribution is -2.30. The van der Waals surface area contributed by atoms with Crippen LogP contribution in [0.1, 0.15) is 24.4 Å². The van der Waals surface area contributed by atoms with Crippen molar-refractivity contribution in [3.8, 4) is 11.5 Å². The minimum absolute atomic E-state index is 0.179. The second-order valence-corrected chi connectivity index (χ2v) is 8.14. The molecule has 1 aliphatic rings. The Morgan fingerprint density at radius 2 is 1.80 bits per heavy atom. The maximum atomic E-state index is 13.1. The first-order chi connectivity index (χ1) is 12.0. The van der Waals surface area contributed by atoms with Crippen LogP contribution in [-0.4, -0.2) is 33.5 Å². The molecule has 2 aromatic carbocycles. The van der Waals surface area contributed by atoms with Crippen molar-refractivity contribution in [2.45, 2.75) is 23.8 Å². The van der Waals surface area contributed by atoms with Gasteiger partial charge >= 0.3 is 0 Å². The van der Waals surface area contributed by atoms with Crippen LogP contribution in [0.2, 0.25) is 5.02 Å². The fourth-order valence-electron chi connectivity index (χ4n) is 3.13. The Labute approximate surface area is 153 Å². The average molecular weight is 382 g/mol. The third-order valence-corrected chi connectivity index (χ3v) is 6.63. The van der Waals surface area contributed by atoms with Crippen molar-refractivity contribution in [3.63, 3.8) is 0 Å². The lowest BCUT2D eigenvalue weighted by molar-refractivity contribution is 0.394. The van der Waals surface area contributed by atoms with Crippen LogP contribution in [0.15, 0.2) is 47.4 Å². The van der Waals surface area contributed by atoms with Gasteiger partial charge in [-0.3, -0.25) is 0 Å². The summed E-state index contributed by atoms with van der Waals surface area (Å²) in [5.74, 6) is 1.20. The predicted molar refractivity (Wildman–Crippen MR) is 96.9 cm³/mol. The van der Waals surface area contributed by atoms with Gasteiger partial charge in [-0.1, -0.05) is 23.7 Å². The Morgan fingerprint density at radius 3 is 2.40 bits per heavy atom. The van der Waals surface area contributed by atoms with E-state index in [0.717, 1.165) is 24.2 Å². The zero-order valence-electron chi connectivity index (χ0n) is 14.1. The number of rotatable bonds is 5. The lowest BCUT2D eigenvalue weighted by Gasteiger charge is -2.25. The molecule has 0 aliphatic carbocycles. The minimum atomic E-state index is -3.64. The minimum Gasteiger partial charge on any atom is -0.497 e. The molecule has 134 valence electrons. The van der Waals surface area contributed by atoms with Gasteiger partial charge in [-0.2, -0.15) is 4.31 Å². The number of ether oxygens (including phenoxy) is 2. The van der Waals surface area contributed by atoms with Crippen LogP contribution >= 0.6 is 11.6 Å². The van der Waals surface area contributed by atoms with Crippen molar-refractivity contribution in [2.75, 3.05) is 20.8 Å². The zero-order chi connectivity index (χ0) is 18.0. The number of hydrogen-bond donors (Lipinski definition) is 0. The highest BCUT2D eigenvalue weighted by atomic mass is 35.5. The number of sulfonamides is 1. The summed E-state index contributed by atoms with van der Waals surface area (Å²) in [6.07, 6.45) is 1.61. The van der Waals surface area contributed by atoms with E-state index >= 15 is 0 Å². The normalized spacial score (nSPS) is 18.3. The van der Waals surface area contributed by atoms with Gasteiger partial charge in [-0.25, -0.2) is 8.42 Å². The van der Waals surface area contributed by atoms with E-state index < -0.39 is 10.0 Å². The van der Waals surface area contributed by atoms with Crippen LogP contribution < -0.4 is 9.47 Å². The summed E-state index contributed by atoms with van der Waals surface area (Å²) < 4.78 is 38.0. The van der Waals surface area contributed by atoms with Crippen LogP contribution in [-0.2, 0) is 10.0 Å². The second-order valence-electron chi connectivity index (χ2n) is 5.84. The highest BCUT2D eigenvalue weighted by molar-refractivity contribution is 7.89. The fourth-order valence-corrected chi connectivity index (χ4v) is 5.16. The highest BCUT2D eigenvalue weighted by Crippen LogP contribution is 2.38. The largest absolute Gasteiger partial charge is 0.497 e. The third kappa shape index (κ3) is 3.47. The highest BCUT2D eigenvalue weighted by Gasteiger charge is 2.36. The van der Waals surface area contributed by atoms with E-state index in [1.807, 2.05) is 24.3 Å². The van der Waals surface area contributed by atoms with E-state index in [-0.39, 0.29) is 16.0 Å². The van der Waals surface area contributed by atoms with Gasteiger partial charge in [0.2, 0.25) is 10.0 Å². The van der Waals surface area contributed by atoms with Gasteiger partial charge in [0.1, 0.15) is 11.5 Å². The first kappa shape index (κ1) is 18.0. The third-order valence-electron chi connectivity index (χ3n) is 4.43. The van der Waals surface area contributed by atoms with E-state index in [4.69, 9.17) is 21.1 Å². The molecule has 0 N–H and O–H groups in total. The average Bonchev–Trinajstić information content (AvgIpc) is 3.12. The van der Waals surface area contributed by atoms with Crippen molar-refractivity contribution in [3.05, 3.63) is 53.1 Å². The molecule has 1 fully saturated rings. The molecule has 3 rings (SSSR count). The molecular formula is C18H20ClNO4S. The maximum Gasteiger partial charge on any atom is 0.243 e. The number of halogens is 1. The smallest absolute Gasteiger partial charge is 0.243 e. The van der Waals surface area contributed by atoms with Crippen LogP contribution in [0.5, 0.6) is 11.5 Å². The van der Waals surface area contributed by atoms with Gasteiger partial charge in [-0.05, 0) is 48.7 Å². The quantitative estimate of drug-likeness (QED) is 0.788. The molecular weight excluding hydrogens is 362 g/mol. The van der Waals surface area contributed by atoms with Gasteiger partial charge in [0.25, 0.3) is 0 Å². The molecule has 1 atom stereocenters. The monoisotopic (exact) mass is 381 g/mol. The topological polar surface area (TPSA) is 55.8 Å². The Hall–Kier alpha value is -1.76. The van der Waals surface area contributed by atoms with Crippen molar-refractivity contribution >= 4 is 21.6 Å². The van der Waals surface area contributed by atoms with Gasteiger partial charge < -0.3 is 9.47 Å². The number of hydrogen-bond acceptors (Lipinski definition) is 4. The van der Waals surface area contributed by atoms with Crippen LogP contribution in [0, 0.1) is 0 Å². The zero-order valence-corrected chi connectivity index (χ0v) is 15.7. The standard InChI is InChI=1S/C18H20ClNO4S/c1-23-14-7-5-13(6-8-14)17-4-3-11-20(17)25(21,22)15-9-10-18(24-2)16(19)12-15/h5-10,12,17H,3-4,11H2,1-2H3. The number of nitrogens with zero attached hydrogens (tertiary/aromatic N) is 1. The first-order valence-electron chi connectivity index (χ1n) is 7.96. The molecule has 5 nitrogen and oxygen atoms in total. The van der Waals surface area contributed by atoms with Crippen molar-refractivity contribution in [2.24, 2.45) is 0 Å². The van der Waals surface area contributed by atoms with Crippen LogP contribution in [0.25, 0.3) is 0 Å². The van der Waals surface area contributed by atoms with Gasteiger partial charge in [0.15, 0.2) is 0 Å². The van der Waals surface area contributed by atoms with Crippen molar-refractivity contribution < 1.29 is 17.9 Å². The molecule has 1 unspecified atom stereocenters. The molecule has 0 radical (unpaired) electrons. The Kier molecular flexibility index (Phi) is 5.22. The molecule has 2 aromatic rings. The summed E-state index contributed by atoms with van der Waals surface area (Å²) in [5.41, 5.74) is 0.960. The lowest BCUT2D eigenvalue weighted by atomic mass is 10.1. The summed E-state index contributed by atoms with van der Waals surface area (Å²) >= 11 is 6.11. The SMILES string of the molecule is COc1ccc(C2CCCN2S(=O)(=O)c2ccc(OC)c(Cl)c2)cc1. The molecule has 1 heterocycles. The van der Waals surface area contributed by atoms with E-state index in [9.17, 15) is 8.42 Å². The maximum absolute atomic E-state index is 13.1. The molecule has 25 heavy (non-hydrogen) atoms. The number of methoxy groups -OCH3 is 2. The van der Waals surface area contributed by atoms with Crippen molar-refractivity contribution in [1.29, 1.82) is 0 Å². The molecule has 7 heteroatoms. The summed E-state index contributed by atoms with van der Waals surface area (Å²) in [7, 11) is -0.536. The van der Waals surface area contributed by atoms with Crippen molar-refractivity contribution in [1.82, 2.24) is 4.31 Å².